The van der Waals surface area contributed by atoms with E-state index in [9.17, 15) is 4.79 Å². The molecule has 1 aliphatic carbocycles. The lowest BCUT2D eigenvalue weighted by Crippen LogP contribution is -2.34. The Morgan fingerprint density at radius 3 is 2.76 bits per heavy atom. The second kappa shape index (κ2) is 5.59. The van der Waals surface area contributed by atoms with Crippen LogP contribution in [-0.4, -0.2) is 23.9 Å². The molecular weight excluding hydrogens is 290 g/mol. The van der Waals surface area contributed by atoms with Crippen LogP contribution in [0.2, 0.25) is 5.02 Å². The fourth-order valence-corrected chi connectivity index (χ4v) is 2.55. The molecule has 1 atom stereocenters. The summed E-state index contributed by atoms with van der Waals surface area (Å²) in [7, 11) is 0. The number of halogens is 1. The van der Waals surface area contributed by atoms with E-state index in [2.05, 4.69) is 0 Å². The van der Waals surface area contributed by atoms with Gasteiger partial charge in [-0.05, 0) is 44.2 Å². The molecule has 0 N–H and O–H groups in total. The normalized spacial score (nSPS) is 24.6. The zero-order valence-electron chi connectivity index (χ0n) is 12.3. The average Bonchev–Trinajstić information content (AvgIpc) is 3.24. The molecule has 1 heterocycles. The van der Waals surface area contributed by atoms with Crippen molar-refractivity contribution in [2.75, 3.05) is 6.61 Å². The van der Waals surface area contributed by atoms with Crippen LogP contribution in [0.4, 0.5) is 0 Å². The van der Waals surface area contributed by atoms with E-state index in [0.717, 1.165) is 5.56 Å². The summed E-state index contributed by atoms with van der Waals surface area (Å²) in [6, 6.07) is 7.46. The van der Waals surface area contributed by atoms with Gasteiger partial charge in [0.15, 0.2) is 6.29 Å². The first-order valence-corrected chi connectivity index (χ1v) is 7.70. The Bertz CT molecular complexity index is 542. The molecule has 2 aliphatic rings. The van der Waals surface area contributed by atoms with Crippen molar-refractivity contribution in [3.8, 4) is 0 Å². The fraction of sp³-hybridized carbons (Fsp3) is 0.562. The third kappa shape index (κ3) is 3.07. The molecule has 1 aliphatic heterocycles. The van der Waals surface area contributed by atoms with Gasteiger partial charge in [-0.2, -0.15) is 0 Å². The quantitative estimate of drug-likeness (QED) is 0.837. The van der Waals surface area contributed by atoms with Crippen LogP contribution in [0.25, 0.3) is 0 Å². The number of hydroxylamine groups is 2. The number of carbonyl (C=O) groups excluding carboxylic acids is 1. The fourth-order valence-electron chi connectivity index (χ4n) is 2.35. The van der Waals surface area contributed by atoms with Crippen molar-refractivity contribution in [1.29, 1.82) is 0 Å². The van der Waals surface area contributed by atoms with Crippen molar-refractivity contribution in [2.24, 2.45) is 11.3 Å². The summed E-state index contributed by atoms with van der Waals surface area (Å²) in [5.74, 6) is 0.570. The van der Waals surface area contributed by atoms with Crippen LogP contribution in [0, 0.1) is 11.3 Å². The first kappa shape index (κ1) is 14.8. The van der Waals surface area contributed by atoms with E-state index in [-0.39, 0.29) is 5.91 Å². The predicted octanol–water partition coefficient (Wildman–Crippen LogP) is 3.39. The Balaban J connectivity index is 1.68. The highest BCUT2D eigenvalue weighted by atomic mass is 35.5. The van der Waals surface area contributed by atoms with Gasteiger partial charge in [0.2, 0.25) is 0 Å². The minimum absolute atomic E-state index is 0.0665. The maximum atomic E-state index is 12.5. The number of ether oxygens (including phenoxy) is 1. The van der Waals surface area contributed by atoms with E-state index in [4.69, 9.17) is 21.2 Å². The van der Waals surface area contributed by atoms with Gasteiger partial charge in [0.1, 0.15) is 0 Å². The van der Waals surface area contributed by atoms with Crippen molar-refractivity contribution in [1.82, 2.24) is 5.06 Å². The second-order valence-corrected chi connectivity index (χ2v) is 6.78. The van der Waals surface area contributed by atoms with Crippen molar-refractivity contribution >= 4 is 17.5 Å². The smallest absolute Gasteiger partial charge is 0.257 e. The van der Waals surface area contributed by atoms with Gasteiger partial charge in [0, 0.05) is 5.02 Å². The number of rotatable bonds is 5. The maximum absolute atomic E-state index is 12.5. The van der Waals surface area contributed by atoms with Crippen LogP contribution in [0.15, 0.2) is 24.3 Å². The molecule has 4 nitrogen and oxygen atoms in total. The third-order valence-electron chi connectivity index (χ3n) is 4.04. The van der Waals surface area contributed by atoms with Crippen LogP contribution < -0.4 is 0 Å². The minimum atomic E-state index is -0.670. The molecule has 1 aromatic carbocycles. The van der Waals surface area contributed by atoms with Crippen molar-refractivity contribution < 1.29 is 14.4 Å². The molecule has 114 valence electrons. The van der Waals surface area contributed by atoms with E-state index < -0.39 is 11.7 Å². The molecule has 0 spiro atoms. The summed E-state index contributed by atoms with van der Waals surface area (Å²) in [6.07, 6.45) is 1.91. The van der Waals surface area contributed by atoms with Gasteiger partial charge >= 0.3 is 0 Å². The van der Waals surface area contributed by atoms with Crippen LogP contribution in [0.5, 0.6) is 0 Å². The number of hydrogen-bond acceptors (Lipinski definition) is 3. The molecule has 1 saturated heterocycles. The minimum Gasteiger partial charge on any atom is -0.349 e. The van der Waals surface area contributed by atoms with Gasteiger partial charge in [-0.3, -0.25) is 4.79 Å². The molecule has 0 radical (unpaired) electrons. The summed E-state index contributed by atoms with van der Waals surface area (Å²) in [6.45, 7) is 4.73. The lowest BCUT2D eigenvalue weighted by molar-refractivity contribution is -0.249. The van der Waals surface area contributed by atoms with Crippen LogP contribution in [-0.2, 0) is 20.9 Å². The molecule has 5 heteroatoms. The third-order valence-corrected chi connectivity index (χ3v) is 4.41. The molecule has 1 aromatic rings. The first-order valence-electron chi connectivity index (χ1n) is 7.32. The van der Waals surface area contributed by atoms with Crippen LogP contribution in [0.1, 0.15) is 32.3 Å². The van der Waals surface area contributed by atoms with E-state index in [0.29, 0.717) is 24.1 Å². The zero-order valence-corrected chi connectivity index (χ0v) is 13.1. The van der Waals surface area contributed by atoms with Gasteiger partial charge in [-0.1, -0.05) is 29.8 Å². The maximum Gasteiger partial charge on any atom is 0.257 e. The topological polar surface area (TPSA) is 38.8 Å². The lowest BCUT2D eigenvalue weighted by atomic mass is 9.92. The van der Waals surface area contributed by atoms with E-state index in [1.165, 1.54) is 17.9 Å². The highest BCUT2D eigenvalue weighted by molar-refractivity contribution is 6.31. The summed E-state index contributed by atoms with van der Waals surface area (Å²) < 4.78 is 5.79. The van der Waals surface area contributed by atoms with Gasteiger partial charge in [0.05, 0.1) is 18.6 Å². The van der Waals surface area contributed by atoms with E-state index in [1.807, 2.05) is 38.1 Å². The standard InChI is InChI=1S/C16H20ClNO3/c1-16(2)14(19)18(9-12-5-3-4-6-13(12)17)21-15(16)20-10-11-7-8-11/h3-6,11,15H,7-10H2,1-2H3. The Morgan fingerprint density at radius 2 is 2.10 bits per heavy atom. The molecule has 0 aromatic heterocycles. The van der Waals surface area contributed by atoms with Crippen molar-refractivity contribution in [3.05, 3.63) is 34.9 Å². The largest absolute Gasteiger partial charge is 0.349 e. The summed E-state index contributed by atoms with van der Waals surface area (Å²) in [4.78, 5) is 18.2. The van der Waals surface area contributed by atoms with Gasteiger partial charge in [0.25, 0.3) is 5.91 Å². The predicted molar refractivity (Wildman–Crippen MR) is 79.3 cm³/mol. The number of nitrogens with zero attached hydrogens (tertiary/aromatic N) is 1. The summed E-state index contributed by atoms with van der Waals surface area (Å²) >= 11 is 6.14. The highest BCUT2D eigenvalue weighted by Crippen LogP contribution is 2.38. The summed E-state index contributed by atoms with van der Waals surface area (Å²) in [5.41, 5.74) is 0.196. The Hall–Kier alpha value is -1.10. The van der Waals surface area contributed by atoms with E-state index in [1.54, 1.807) is 0 Å². The van der Waals surface area contributed by atoms with Crippen molar-refractivity contribution in [2.45, 2.75) is 39.5 Å². The SMILES string of the molecule is CC1(C)C(=O)N(Cc2ccccc2Cl)OC1OCC1CC1. The van der Waals surface area contributed by atoms with Gasteiger partial charge in [-0.15, -0.1) is 0 Å². The Morgan fingerprint density at radius 1 is 1.38 bits per heavy atom. The molecular formula is C16H20ClNO3. The van der Waals surface area contributed by atoms with Gasteiger partial charge < -0.3 is 4.74 Å². The molecule has 21 heavy (non-hydrogen) atoms. The Kier molecular flexibility index (Phi) is 3.95. The van der Waals surface area contributed by atoms with Crippen molar-refractivity contribution in [3.63, 3.8) is 0 Å². The summed E-state index contributed by atoms with van der Waals surface area (Å²) in [5, 5.41) is 2.01. The second-order valence-electron chi connectivity index (χ2n) is 6.37. The molecule has 1 unspecified atom stereocenters. The van der Waals surface area contributed by atoms with Gasteiger partial charge in [-0.25, -0.2) is 9.90 Å². The number of carbonyl (C=O) groups is 1. The Labute approximate surface area is 129 Å². The number of hydrogen-bond donors (Lipinski definition) is 0. The average molecular weight is 310 g/mol. The van der Waals surface area contributed by atoms with Crippen LogP contribution >= 0.6 is 11.6 Å². The molecule has 1 amide bonds. The highest BCUT2D eigenvalue weighted by Gasteiger charge is 2.50. The number of benzene rings is 1. The molecule has 2 fully saturated rings. The van der Waals surface area contributed by atoms with Crippen LogP contribution in [0.3, 0.4) is 0 Å². The zero-order chi connectivity index (χ0) is 15.0. The van der Waals surface area contributed by atoms with E-state index >= 15 is 0 Å². The number of amides is 1. The monoisotopic (exact) mass is 309 g/mol. The lowest BCUT2D eigenvalue weighted by Gasteiger charge is -2.20. The molecule has 1 saturated carbocycles. The first-order chi connectivity index (χ1) is 9.98. The molecule has 3 rings (SSSR count). The molecule has 0 bridgehead atoms.